The van der Waals surface area contributed by atoms with Crippen LogP contribution in [-0.2, 0) is 28.6 Å². The van der Waals surface area contributed by atoms with Crippen LogP contribution in [0.2, 0.25) is 0 Å². The van der Waals surface area contributed by atoms with Crippen molar-refractivity contribution in [1.29, 1.82) is 0 Å². The zero-order valence-electron chi connectivity index (χ0n) is 54.3. The highest BCUT2D eigenvalue weighted by Crippen LogP contribution is 2.18. The second-order valence-corrected chi connectivity index (χ2v) is 24.1. The van der Waals surface area contributed by atoms with Crippen LogP contribution < -0.4 is 0 Å². The average Bonchev–Trinajstić information content (AvgIpc) is 3.46. The summed E-state index contributed by atoms with van der Waals surface area (Å²) in [4.78, 5) is 38.4. The number of esters is 3. The molecule has 1 atom stereocenters. The van der Waals surface area contributed by atoms with E-state index in [1.807, 2.05) is 0 Å². The second-order valence-electron chi connectivity index (χ2n) is 24.1. The monoisotopic (exact) mass is 1130 g/mol. The maximum Gasteiger partial charge on any atom is 0.306 e. The van der Waals surface area contributed by atoms with Gasteiger partial charge < -0.3 is 14.2 Å². The van der Waals surface area contributed by atoms with Crippen molar-refractivity contribution in [1.82, 2.24) is 0 Å². The van der Waals surface area contributed by atoms with Gasteiger partial charge in [0.25, 0.3) is 0 Å². The quantitative estimate of drug-likeness (QED) is 0.0261. The summed E-state index contributed by atoms with van der Waals surface area (Å²) in [5.74, 6) is -0.856. The number of carbonyl (C=O) groups is 3. The highest BCUT2D eigenvalue weighted by molar-refractivity contribution is 5.71. The van der Waals surface area contributed by atoms with E-state index >= 15 is 0 Å². The molecule has 0 rings (SSSR count). The fraction of sp³-hybridized carbons (Fsp3) is 0.827. The van der Waals surface area contributed by atoms with E-state index in [1.54, 1.807) is 0 Å². The second kappa shape index (κ2) is 69.6. The molecule has 0 bridgehead atoms. The number of rotatable bonds is 66. The van der Waals surface area contributed by atoms with Gasteiger partial charge in [-0.3, -0.25) is 14.4 Å². The molecule has 472 valence electrons. The standard InChI is InChI=1S/C75H136O6/c1-4-7-10-13-16-19-22-25-27-29-31-33-34-35-36-37-38-39-40-42-43-45-47-50-53-56-59-62-65-68-74(77)80-71-72(70-79-73(76)67-64-61-58-55-52-49-24-21-18-15-12-9-6-3)81-75(78)69-66-63-60-57-54-51-48-46-44-41-32-30-28-26-23-20-17-14-11-8-5-2/h8,11,17,20,26,28-29,31-32,41,72H,4-7,9-10,12-16,18-19,21-25,27,30,33-40,42-71H2,1-3H3/b11-8-,20-17-,28-26-,31-29-,41-32-. The predicted molar refractivity (Wildman–Crippen MR) is 353 cm³/mol. The van der Waals surface area contributed by atoms with E-state index in [2.05, 4.69) is 81.5 Å². The number of carbonyl (C=O) groups excluding carboxylic acids is 3. The summed E-state index contributed by atoms with van der Waals surface area (Å²) < 4.78 is 17.0. The summed E-state index contributed by atoms with van der Waals surface area (Å²) >= 11 is 0. The van der Waals surface area contributed by atoms with Crippen molar-refractivity contribution >= 4 is 17.9 Å². The Labute approximate surface area is 504 Å². The highest BCUT2D eigenvalue weighted by atomic mass is 16.6. The third-order valence-corrected chi connectivity index (χ3v) is 16.0. The van der Waals surface area contributed by atoms with Gasteiger partial charge in [0, 0.05) is 19.3 Å². The minimum Gasteiger partial charge on any atom is -0.462 e. The van der Waals surface area contributed by atoms with Gasteiger partial charge in [0.2, 0.25) is 0 Å². The zero-order valence-corrected chi connectivity index (χ0v) is 54.3. The highest BCUT2D eigenvalue weighted by Gasteiger charge is 2.19. The van der Waals surface area contributed by atoms with Crippen molar-refractivity contribution in [2.75, 3.05) is 13.2 Å². The average molecular weight is 1130 g/mol. The number of unbranched alkanes of at least 4 members (excludes halogenated alkanes) is 45. The molecule has 6 heteroatoms. The molecule has 0 heterocycles. The number of hydrogen-bond donors (Lipinski definition) is 0. The van der Waals surface area contributed by atoms with Gasteiger partial charge in [-0.25, -0.2) is 0 Å². The van der Waals surface area contributed by atoms with Crippen molar-refractivity contribution in [3.8, 4) is 0 Å². The van der Waals surface area contributed by atoms with E-state index in [-0.39, 0.29) is 31.1 Å². The lowest BCUT2D eigenvalue weighted by molar-refractivity contribution is -0.167. The Bertz CT molecular complexity index is 1440. The molecular weight excluding hydrogens is 997 g/mol. The predicted octanol–water partition coefficient (Wildman–Crippen LogP) is 24.7. The zero-order chi connectivity index (χ0) is 58.5. The first-order valence-electron chi connectivity index (χ1n) is 35.8. The lowest BCUT2D eigenvalue weighted by Gasteiger charge is -2.18. The van der Waals surface area contributed by atoms with Gasteiger partial charge in [-0.05, 0) is 83.5 Å². The van der Waals surface area contributed by atoms with Gasteiger partial charge in [0.05, 0.1) is 0 Å². The van der Waals surface area contributed by atoms with Crippen LogP contribution in [0.15, 0.2) is 60.8 Å². The molecule has 0 aromatic rings. The van der Waals surface area contributed by atoms with Crippen LogP contribution in [0, 0.1) is 0 Å². The van der Waals surface area contributed by atoms with Crippen LogP contribution >= 0.6 is 0 Å². The minimum absolute atomic E-state index is 0.0728. The van der Waals surface area contributed by atoms with E-state index in [1.165, 1.54) is 250 Å². The topological polar surface area (TPSA) is 78.9 Å². The summed E-state index contributed by atoms with van der Waals surface area (Å²) in [5.41, 5.74) is 0. The molecule has 0 saturated heterocycles. The Balaban J connectivity index is 4.21. The molecule has 0 spiro atoms. The molecule has 0 fully saturated rings. The Morgan fingerprint density at radius 2 is 0.481 bits per heavy atom. The molecule has 0 aliphatic rings. The molecule has 6 nitrogen and oxygen atoms in total. The minimum atomic E-state index is -0.777. The smallest absolute Gasteiger partial charge is 0.306 e. The van der Waals surface area contributed by atoms with Crippen LogP contribution in [0.25, 0.3) is 0 Å². The van der Waals surface area contributed by atoms with E-state index in [9.17, 15) is 14.4 Å². The Hall–Kier alpha value is -2.89. The first kappa shape index (κ1) is 78.1. The van der Waals surface area contributed by atoms with Gasteiger partial charge in [0.15, 0.2) is 6.10 Å². The molecule has 0 saturated carbocycles. The van der Waals surface area contributed by atoms with Crippen molar-refractivity contribution in [3.05, 3.63) is 60.8 Å². The number of ether oxygens (including phenoxy) is 3. The van der Waals surface area contributed by atoms with Crippen LogP contribution in [0.3, 0.4) is 0 Å². The van der Waals surface area contributed by atoms with E-state index in [4.69, 9.17) is 14.2 Å². The summed E-state index contributed by atoms with van der Waals surface area (Å²) in [6, 6.07) is 0. The van der Waals surface area contributed by atoms with Crippen molar-refractivity contribution in [2.24, 2.45) is 0 Å². The Kier molecular flexibility index (Phi) is 67.1. The Morgan fingerprint density at radius 3 is 0.765 bits per heavy atom. The van der Waals surface area contributed by atoms with Crippen molar-refractivity contribution in [2.45, 2.75) is 386 Å². The largest absolute Gasteiger partial charge is 0.462 e. The van der Waals surface area contributed by atoms with Gasteiger partial charge in [-0.2, -0.15) is 0 Å². The summed E-state index contributed by atoms with van der Waals surface area (Å²) in [6.45, 7) is 6.58. The molecule has 0 aromatic heterocycles. The lowest BCUT2D eigenvalue weighted by atomic mass is 10.0. The molecular formula is C75H136O6. The maximum atomic E-state index is 12.9. The Morgan fingerprint density at radius 1 is 0.259 bits per heavy atom. The van der Waals surface area contributed by atoms with E-state index in [0.29, 0.717) is 19.3 Å². The van der Waals surface area contributed by atoms with Gasteiger partial charge in [-0.1, -0.05) is 338 Å². The first-order chi connectivity index (χ1) is 40.0. The third-order valence-electron chi connectivity index (χ3n) is 16.0. The van der Waals surface area contributed by atoms with Crippen molar-refractivity contribution in [3.63, 3.8) is 0 Å². The first-order valence-corrected chi connectivity index (χ1v) is 35.8. The SMILES string of the molecule is CC/C=C\C/C=C\C/C=C\C/C=C\CCCCCCCCCCC(=O)OC(COC(=O)CCCCCCCCCCCCCCC)COC(=O)CCCCCCCCCCCCCCCCCCC/C=C\CCCCCCCCCC. The molecule has 0 aliphatic heterocycles. The van der Waals surface area contributed by atoms with Crippen molar-refractivity contribution < 1.29 is 28.6 Å². The molecule has 0 N–H and O–H groups in total. The van der Waals surface area contributed by atoms with Gasteiger partial charge in [0.1, 0.15) is 13.2 Å². The van der Waals surface area contributed by atoms with Crippen LogP contribution in [0.4, 0.5) is 0 Å². The fourth-order valence-electron chi connectivity index (χ4n) is 10.7. The molecule has 0 amide bonds. The van der Waals surface area contributed by atoms with E-state index in [0.717, 1.165) is 89.9 Å². The summed E-state index contributed by atoms with van der Waals surface area (Å²) in [6.07, 6.45) is 89.7. The van der Waals surface area contributed by atoms with Crippen LogP contribution in [0.1, 0.15) is 380 Å². The van der Waals surface area contributed by atoms with Crippen LogP contribution in [-0.4, -0.2) is 37.2 Å². The van der Waals surface area contributed by atoms with Gasteiger partial charge >= 0.3 is 17.9 Å². The summed E-state index contributed by atoms with van der Waals surface area (Å²) in [7, 11) is 0. The normalized spacial score (nSPS) is 12.4. The fourth-order valence-corrected chi connectivity index (χ4v) is 10.7. The number of allylic oxidation sites excluding steroid dienone is 10. The molecule has 0 aromatic carbocycles. The molecule has 1 unspecified atom stereocenters. The summed E-state index contributed by atoms with van der Waals surface area (Å²) in [5, 5.41) is 0. The van der Waals surface area contributed by atoms with E-state index < -0.39 is 6.10 Å². The van der Waals surface area contributed by atoms with Crippen LogP contribution in [0.5, 0.6) is 0 Å². The third kappa shape index (κ3) is 67.8. The molecule has 81 heavy (non-hydrogen) atoms. The number of hydrogen-bond acceptors (Lipinski definition) is 6. The van der Waals surface area contributed by atoms with Gasteiger partial charge in [-0.15, -0.1) is 0 Å². The lowest BCUT2D eigenvalue weighted by Crippen LogP contribution is -2.30. The maximum absolute atomic E-state index is 12.9. The molecule has 0 aliphatic carbocycles. The molecule has 0 radical (unpaired) electrons.